The van der Waals surface area contributed by atoms with Gasteiger partial charge in [-0.05, 0) is 38.3 Å². The van der Waals surface area contributed by atoms with Crippen molar-refractivity contribution in [2.45, 2.75) is 32.7 Å². The second-order valence-corrected chi connectivity index (χ2v) is 6.21. The zero-order valence-corrected chi connectivity index (χ0v) is 14.6. The second-order valence-electron chi connectivity index (χ2n) is 6.21. The SMILES string of the molecule is COCC(=O)N1CCC(NC(=O)COc2ccc(C)cc2C)CC1. The van der Waals surface area contributed by atoms with Crippen molar-refractivity contribution in [3.63, 3.8) is 0 Å². The summed E-state index contributed by atoms with van der Waals surface area (Å²) >= 11 is 0. The van der Waals surface area contributed by atoms with Gasteiger partial charge < -0.3 is 19.7 Å². The Kier molecular flexibility index (Phi) is 6.61. The van der Waals surface area contributed by atoms with Crippen LogP contribution in [0.4, 0.5) is 0 Å². The molecule has 1 saturated heterocycles. The molecule has 0 bridgehead atoms. The molecule has 1 aromatic rings. The highest BCUT2D eigenvalue weighted by atomic mass is 16.5. The Morgan fingerprint density at radius 3 is 2.54 bits per heavy atom. The van der Waals surface area contributed by atoms with Gasteiger partial charge in [0.2, 0.25) is 5.91 Å². The van der Waals surface area contributed by atoms with Gasteiger partial charge in [0.05, 0.1) is 0 Å². The summed E-state index contributed by atoms with van der Waals surface area (Å²) in [6, 6.07) is 5.97. The van der Waals surface area contributed by atoms with Crippen molar-refractivity contribution < 1.29 is 19.1 Å². The maximum atomic E-state index is 12.0. The van der Waals surface area contributed by atoms with Crippen LogP contribution in [0.5, 0.6) is 5.75 Å². The molecule has 1 aliphatic rings. The third-order valence-electron chi connectivity index (χ3n) is 4.17. The predicted octanol–water partition coefficient (Wildman–Crippen LogP) is 1.44. The van der Waals surface area contributed by atoms with Gasteiger partial charge in [-0.15, -0.1) is 0 Å². The van der Waals surface area contributed by atoms with Crippen LogP contribution in [0.1, 0.15) is 24.0 Å². The Labute approximate surface area is 143 Å². The summed E-state index contributed by atoms with van der Waals surface area (Å²) in [6.45, 7) is 5.39. The smallest absolute Gasteiger partial charge is 0.258 e. The minimum absolute atomic E-state index is 0.000422. The van der Waals surface area contributed by atoms with Gasteiger partial charge in [0.1, 0.15) is 12.4 Å². The number of aryl methyl sites for hydroxylation is 2. The number of hydrogen-bond acceptors (Lipinski definition) is 4. The van der Waals surface area contributed by atoms with Gasteiger partial charge in [-0.2, -0.15) is 0 Å². The van der Waals surface area contributed by atoms with E-state index in [1.165, 1.54) is 12.7 Å². The number of hydrogen-bond donors (Lipinski definition) is 1. The normalized spacial score (nSPS) is 15.2. The molecule has 2 rings (SSSR count). The maximum Gasteiger partial charge on any atom is 0.258 e. The Bertz CT molecular complexity index is 580. The first-order chi connectivity index (χ1) is 11.5. The van der Waals surface area contributed by atoms with Crippen molar-refractivity contribution in [3.05, 3.63) is 29.3 Å². The third-order valence-corrected chi connectivity index (χ3v) is 4.17. The van der Waals surface area contributed by atoms with Crippen LogP contribution in [-0.4, -0.2) is 56.2 Å². The van der Waals surface area contributed by atoms with E-state index >= 15 is 0 Å². The van der Waals surface area contributed by atoms with Crippen molar-refractivity contribution in [3.8, 4) is 5.75 Å². The van der Waals surface area contributed by atoms with E-state index in [0.717, 1.165) is 24.2 Å². The van der Waals surface area contributed by atoms with Crippen molar-refractivity contribution in [2.75, 3.05) is 33.4 Å². The van der Waals surface area contributed by atoms with Crippen molar-refractivity contribution in [1.29, 1.82) is 0 Å². The molecule has 1 heterocycles. The first-order valence-electron chi connectivity index (χ1n) is 8.25. The van der Waals surface area contributed by atoms with E-state index in [2.05, 4.69) is 5.32 Å². The van der Waals surface area contributed by atoms with Crippen LogP contribution in [-0.2, 0) is 14.3 Å². The largest absolute Gasteiger partial charge is 0.484 e. The Morgan fingerprint density at radius 2 is 1.92 bits per heavy atom. The van der Waals surface area contributed by atoms with Gasteiger partial charge in [0.25, 0.3) is 5.91 Å². The lowest BCUT2D eigenvalue weighted by Crippen LogP contribution is -2.48. The summed E-state index contributed by atoms with van der Waals surface area (Å²) in [7, 11) is 1.51. The number of likely N-dealkylation sites (tertiary alicyclic amines) is 1. The van der Waals surface area contributed by atoms with E-state index in [-0.39, 0.29) is 31.1 Å². The molecule has 0 radical (unpaired) electrons. The number of amides is 2. The molecule has 1 N–H and O–H groups in total. The van der Waals surface area contributed by atoms with Crippen LogP contribution >= 0.6 is 0 Å². The highest BCUT2D eigenvalue weighted by Gasteiger charge is 2.23. The molecule has 0 aromatic heterocycles. The Morgan fingerprint density at radius 1 is 1.21 bits per heavy atom. The molecule has 132 valence electrons. The lowest BCUT2D eigenvalue weighted by molar-refractivity contribution is -0.136. The van der Waals surface area contributed by atoms with Crippen molar-refractivity contribution in [1.82, 2.24) is 10.2 Å². The highest BCUT2D eigenvalue weighted by molar-refractivity contribution is 5.78. The molecule has 6 heteroatoms. The molecule has 0 unspecified atom stereocenters. The molecule has 0 spiro atoms. The number of carbonyl (C=O) groups is 2. The lowest BCUT2D eigenvalue weighted by Gasteiger charge is -2.32. The molecule has 0 saturated carbocycles. The highest BCUT2D eigenvalue weighted by Crippen LogP contribution is 2.18. The molecule has 1 fully saturated rings. The van der Waals surface area contributed by atoms with Gasteiger partial charge in [-0.3, -0.25) is 9.59 Å². The number of nitrogens with one attached hydrogen (secondary N) is 1. The first-order valence-corrected chi connectivity index (χ1v) is 8.25. The van der Waals surface area contributed by atoms with Crippen LogP contribution in [0, 0.1) is 13.8 Å². The summed E-state index contributed by atoms with van der Waals surface area (Å²) in [5.41, 5.74) is 2.19. The standard InChI is InChI=1S/C18H26N2O4/c1-13-4-5-16(14(2)10-13)24-11-17(21)19-15-6-8-20(9-7-15)18(22)12-23-3/h4-5,10,15H,6-9,11-12H2,1-3H3,(H,19,21). The maximum absolute atomic E-state index is 12.0. The van der Waals surface area contributed by atoms with Crippen LogP contribution in [0.25, 0.3) is 0 Å². The van der Waals surface area contributed by atoms with Gasteiger partial charge in [0.15, 0.2) is 6.61 Å². The average molecular weight is 334 g/mol. The molecule has 1 aromatic carbocycles. The number of piperidine rings is 1. The minimum atomic E-state index is -0.128. The molecule has 0 aliphatic carbocycles. The van der Waals surface area contributed by atoms with Gasteiger partial charge in [-0.1, -0.05) is 17.7 Å². The lowest BCUT2D eigenvalue weighted by atomic mass is 10.1. The molecule has 0 atom stereocenters. The summed E-state index contributed by atoms with van der Waals surface area (Å²) in [6.07, 6.45) is 1.51. The Balaban J connectivity index is 1.73. The van der Waals surface area contributed by atoms with Crippen molar-refractivity contribution in [2.24, 2.45) is 0 Å². The summed E-state index contributed by atoms with van der Waals surface area (Å²) in [5.74, 6) is 0.604. The van der Waals surface area contributed by atoms with Gasteiger partial charge >= 0.3 is 0 Å². The minimum Gasteiger partial charge on any atom is -0.484 e. The van der Waals surface area contributed by atoms with Crippen LogP contribution < -0.4 is 10.1 Å². The van der Waals surface area contributed by atoms with E-state index in [9.17, 15) is 9.59 Å². The van der Waals surface area contributed by atoms with Crippen LogP contribution in [0.3, 0.4) is 0 Å². The summed E-state index contributed by atoms with van der Waals surface area (Å²) < 4.78 is 10.5. The van der Waals surface area contributed by atoms with Crippen LogP contribution in [0.15, 0.2) is 18.2 Å². The molecule has 2 amide bonds. The monoisotopic (exact) mass is 334 g/mol. The zero-order valence-electron chi connectivity index (χ0n) is 14.6. The number of benzene rings is 1. The summed E-state index contributed by atoms with van der Waals surface area (Å²) in [4.78, 5) is 25.6. The number of rotatable bonds is 6. The quantitative estimate of drug-likeness (QED) is 0.855. The zero-order chi connectivity index (χ0) is 17.5. The van der Waals surface area contributed by atoms with Crippen LogP contribution in [0.2, 0.25) is 0 Å². The van der Waals surface area contributed by atoms with E-state index in [1.807, 2.05) is 32.0 Å². The number of methoxy groups -OCH3 is 1. The Hall–Kier alpha value is -2.08. The van der Waals surface area contributed by atoms with Gasteiger partial charge in [-0.25, -0.2) is 0 Å². The fourth-order valence-corrected chi connectivity index (χ4v) is 2.86. The fraction of sp³-hybridized carbons (Fsp3) is 0.556. The fourth-order valence-electron chi connectivity index (χ4n) is 2.86. The second kappa shape index (κ2) is 8.68. The average Bonchev–Trinajstić information content (AvgIpc) is 2.55. The third kappa shape index (κ3) is 5.23. The van der Waals surface area contributed by atoms with Crippen molar-refractivity contribution >= 4 is 11.8 Å². The first kappa shape index (κ1) is 18.3. The molecular formula is C18H26N2O4. The molecule has 1 aliphatic heterocycles. The predicted molar refractivity (Wildman–Crippen MR) is 91.0 cm³/mol. The van der Waals surface area contributed by atoms with E-state index in [0.29, 0.717) is 13.1 Å². The molecule has 24 heavy (non-hydrogen) atoms. The molecular weight excluding hydrogens is 308 g/mol. The van der Waals surface area contributed by atoms with E-state index in [4.69, 9.17) is 9.47 Å². The molecule has 6 nitrogen and oxygen atoms in total. The number of ether oxygens (including phenoxy) is 2. The van der Waals surface area contributed by atoms with E-state index in [1.54, 1.807) is 4.90 Å². The topological polar surface area (TPSA) is 67.9 Å². The van der Waals surface area contributed by atoms with Gasteiger partial charge in [0, 0.05) is 26.2 Å². The summed E-state index contributed by atoms with van der Waals surface area (Å²) in [5, 5.41) is 2.98. The number of nitrogens with zero attached hydrogens (tertiary/aromatic N) is 1. The number of carbonyl (C=O) groups excluding carboxylic acids is 2. The van der Waals surface area contributed by atoms with E-state index < -0.39 is 0 Å².